The molecule has 12 rings (SSSR count). The van der Waals surface area contributed by atoms with Crippen molar-refractivity contribution in [1.29, 1.82) is 0 Å². The summed E-state index contributed by atoms with van der Waals surface area (Å²) in [6.07, 6.45) is 6.80. The zero-order chi connectivity index (χ0) is 44.5. The van der Waals surface area contributed by atoms with Crippen LogP contribution < -0.4 is 0 Å². The first-order valence-electron chi connectivity index (χ1n) is 24.6. The third-order valence-electron chi connectivity index (χ3n) is 15.0. The molecule has 0 aliphatic heterocycles. The molecule has 0 saturated heterocycles. The molecule has 0 N–H and O–H groups in total. The number of rotatable bonds is 12. The van der Waals surface area contributed by atoms with Crippen LogP contribution in [0.5, 0.6) is 0 Å². The fraction of sp³-hybridized carbons (Fsp3) is 0.188. The highest BCUT2D eigenvalue weighted by Gasteiger charge is 2.25. The van der Waals surface area contributed by atoms with Gasteiger partial charge in [-0.05, 0) is 128 Å². The van der Waals surface area contributed by atoms with Gasteiger partial charge in [-0.1, -0.05) is 186 Å². The topological polar surface area (TPSA) is 9.86 Å². The Bertz CT molecular complexity index is 3510. The summed E-state index contributed by atoms with van der Waals surface area (Å²) in [5.41, 5.74) is 15.5. The van der Waals surface area contributed by atoms with E-state index < -0.39 is 0 Å². The molecule has 0 saturated carbocycles. The van der Waals surface area contributed by atoms with E-state index in [9.17, 15) is 0 Å². The van der Waals surface area contributed by atoms with Crippen LogP contribution in [0, 0.1) is 0 Å². The van der Waals surface area contributed by atoms with Crippen LogP contribution in [0.3, 0.4) is 0 Å². The van der Waals surface area contributed by atoms with E-state index in [2.05, 4.69) is 219 Å². The van der Waals surface area contributed by atoms with E-state index in [1.54, 1.807) is 0 Å². The number of aromatic nitrogens is 2. The molecule has 2 heteroatoms. The second-order valence-corrected chi connectivity index (χ2v) is 18.7. The van der Waals surface area contributed by atoms with E-state index in [-0.39, 0.29) is 0 Å². The van der Waals surface area contributed by atoms with Crippen molar-refractivity contribution < 1.29 is 0 Å². The molecule has 322 valence electrons. The zero-order valence-corrected chi connectivity index (χ0v) is 38.6. The summed E-state index contributed by atoms with van der Waals surface area (Å²) in [6.45, 7) is 9.34. The lowest BCUT2D eigenvalue weighted by Crippen LogP contribution is -2.08. The van der Waals surface area contributed by atoms with Gasteiger partial charge in [0.25, 0.3) is 0 Å². The smallest absolute Gasteiger partial charge is 0.0574 e. The van der Waals surface area contributed by atoms with Crippen LogP contribution in [0.15, 0.2) is 182 Å². The van der Waals surface area contributed by atoms with Crippen molar-refractivity contribution in [3.8, 4) is 44.5 Å². The molecule has 66 heavy (non-hydrogen) atoms. The first-order chi connectivity index (χ1) is 32.6. The Morgan fingerprint density at radius 2 is 0.727 bits per heavy atom. The molecule has 10 aromatic carbocycles. The van der Waals surface area contributed by atoms with Gasteiger partial charge in [0.1, 0.15) is 0 Å². The second-order valence-electron chi connectivity index (χ2n) is 18.7. The van der Waals surface area contributed by atoms with E-state index >= 15 is 0 Å². The van der Waals surface area contributed by atoms with Crippen molar-refractivity contribution >= 4 is 75.9 Å². The predicted molar refractivity (Wildman–Crippen MR) is 286 cm³/mol. The number of fused-ring (bicyclic) bond motifs is 6. The maximum atomic E-state index is 2.68. The summed E-state index contributed by atoms with van der Waals surface area (Å²) in [4.78, 5) is 0. The molecular formula is C64H56N2. The minimum absolute atomic E-state index is 0.423. The zero-order valence-electron chi connectivity index (χ0n) is 38.6. The van der Waals surface area contributed by atoms with Crippen LogP contribution in [-0.4, -0.2) is 9.13 Å². The van der Waals surface area contributed by atoms with Gasteiger partial charge in [-0.3, -0.25) is 0 Å². The van der Waals surface area contributed by atoms with Gasteiger partial charge < -0.3 is 9.13 Å². The molecule has 2 atom stereocenters. The molecule has 2 nitrogen and oxygen atoms in total. The fourth-order valence-corrected chi connectivity index (χ4v) is 12.0. The van der Waals surface area contributed by atoms with Gasteiger partial charge in [0.15, 0.2) is 0 Å². The number of hydrogen-bond donors (Lipinski definition) is 0. The van der Waals surface area contributed by atoms with E-state index in [4.69, 9.17) is 0 Å². The Kier molecular flexibility index (Phi) is 10.0. The van der Waals surface area contributed by atoms with Crippen molar-refractivity contribution in [2.45, 2.75) is 78.3 Å². The van der Waals surface area contributed by atoms with Crippen LogP contribution >= 0.6 is 0 Å². The Hall–Kier alpha value is -7.16. The summed E-state index contributed by atoms with van der Waals surface area (Å²) in [5, 5.41) is 13.1. The molecule has 0 bridgehead atoms. The first-order valence-corrected chi connectivity index (χ1v) is 24.6. The molecular weight excluding hydrogens is 797 g/mol. The Morgan fingerprint density at radius 3 is 1.14 bits per heavy atom. The van der Waals surface area contributed by atoms with Crippen LogP contribution in [0.2, 0.25) is 0 Å². The standard InChI is InChI=1S/C64H56N2/c1-5-19-47(7-3)65-59-27-17-15-25-51(59)57-39-45(37-55(63(57)65)41-21-11-9-12-22-41)49-33-29-43-32-36-54-50(34-30-44-31-35-53(49)61(43)62(44)54)46-38-56(42-23-13-10-14-24-42)64-58(40-46)52-26-16-18-28-60(52)66(64)48(8-4)20-6-2/h9-18,21-40,47-48H,5-8,19-20H2,1-4H3. The summed E-state index contributed by atoms with van der Waals surface area (Å²) < 4.78 is 5.36. The van der Waals surface area contributed by atoms with Crippen molar-refractivity contribution in [2.75, 3.05) is 0 Å². The van der Waals surface area contributed by atoms with E-state index in [1.807, 2.05) is 0 Å². The third-order valence-corrected chi connectivity index (χ3v) is 15.0. The summed E-state index contributed by atoms with van der Waals surface area (Å²) in [5.74, 6) is 0. The van der Waals surface area contributed by atoms with Gasteiger partial charge >= 0.3 is 0 Å². The van der Waals surface area contributed by atoms with Crippen LogP contribution in [0.1, 0.15) is 78.3 Å². The Morgan fingerprint density at radius 1 is 0.333 bits per heavy atom. The maximum Gasteiger partial charge on any atom is 0.0574 e. The summed E-state index contributed by atoms with van der Waals surface area (Å²) >= 11 is 0. The van der Waals surface area contributed by atoms with Crippen LogP contribution in [0.4, 0.5) is 0 Å². The molecule has 12 aromatic rings. The van der Waals surface area contributed by atoms with Crippen LogP contribution in [-0.2, 0) is 0 Å². The molecule has 0 spiro atoms. The summed E-state index contributed by atoms with van der Waals surface area (Å²) in [6, 6.07) is 70.2. The van der Waals surface area contributed by atoms with Crippen LogP contribution in [0.25, 0.3) is 120 Å². The normalized spacial score (nSPS) is 13.1. The van der Waals surface area contributed by atoms with Gasteiger partial charge in [-0.15, -0.1) is 0 Å². The van der Waals surface area contributed by atoms with E-state index in [0.717, 1.165) is 38.5 Å². The molecule has 0 radical (unpaired) electrons. The number of benzene rings is 10. The van der Waals surface area contributed by atoms with Crippen molar-refractivity contribution in [3.05, 3.63) is 182 Å². The van der Waals surface area contributed by atoms with Crippen molar-refractivity contribution in [3.63, 3.8) is 0 Å². The lowest BCUT2D eigenvalue weighted by molar-refractivity contribution is 0.471. The minimum Gasteiger partial charge on any atom is -0.337 e. The number of nitrogens with zero attached hydrogens (tertiary/aromatic N) is 2. The fourth-order valence-electron chi connectivity index (χ4n) is 12.0. The Balaban J connectivity index is 1.12. The molecule has 2 aromatic heterocycles. The maximum absolute atomic E-state index is 2.68. The molecule has 0 fully saturated rings. The van der Waals surface area contributed by atoms with Crippen molar-refractivity contribution in [1.82, 2.24) is 9.13 Å². The molecule has 0 aliphatic carbocycles. The molecule has 0 amide bonds. The highest BCUT2D eigenvalue weighted by Crippen LogP contribution is 2.48. The lowest BCUT2D eigenvalue weighted by Gasteiger charge is -2.22. The third kappa shape index (κ3) is 6.22. The van der Waals surface area contributed by atoms with Crippen molar-refractivity contribution in [2.24, 2.45) is 0 Å². The minimum atomic E-state index is 0.423. The first kappa shape index (κ1) is 40.4. The Labute approximate surface area is 388 Å². The monoisotopic (exact) mass is 852 g/mol. The van der Waals surface area contributed by atoms with Gasteiger partial charge in [-0.25, -0.2) is 0 Å². The van der Waals surface area contributed by atoms with Gasteiger partial charge in [0.2, 0.25) is 0 Å². The lowest BCUT2D eigenvalue weighted by atomic mass is 9.86. The SMILES string of the molecule is CCCC(CC)n1c2ccccc2c2cc(-c3ccc4ccc5c(-c6cc(-c7ccccc7)c7c(c6)c6ccccc6n7C(CC)CCC)ccc6ccc3c4c65)cc(-c3ccccc3)c21. The van der Waals surface area contributed by atoms with E-state index in [0.29, 0.717) is 12.1 Å². The molecule has 0 aliphatic rings. The average molecular weight is 853 g/mol. The van der Waals surface area contributed by atoms with Gasteiger partial charge in [-0.2, -0.15) is 0 Å². The molecule has 2 heterocycles. The highest BCUT2D eigenvalue weighted by molar-refractivity contribution is 6.28. The van der Waals surface area contributed by atoms with Gasteiger partial charge in [0.05, 0.1) is 11.0 Å². The number of para-hydroxylation sites is 2. The molecule has 2 unspecified atom stereocenters. The van der Waals surface area contributed by atoms with E-state index in [1.165, 1.54) is 120 Å². The second kappa shape index (κ2) is 16.4. The van der Waals surface area contributed by atoms with Gasteiger partial charge in [0, 0.05) is 55.8 Å². The average Bonchev–Trinajstić information content (AvgIpc) is 3.89. The summed E-state index contributed by atoms with van der Waals surface area (Å²) in [7, 11) is 0. The number of hydrogen-bond acceptors (Lipinski definition) is 0. The quantitative estimate of drug-likeness (QED) is 0.108. The highest BCUT2D eigenvalue weighted by atomic mass is 15.0. The predicted octanol–water partition coefficient (Wildman–Crippen LogP) is 19.0. The largest absolute Gasteiger partial charge is 0.337 e.